The number of ether oxygens (including phenoxy) is 1. The molecule has 0 spiro atoms. The van der Waals surface area contributed by atoms with Gasteiger partial charge >= 0.3 is 0 Å². The van der Waals surface area contributed by atoms with Crippen molar-refractivity contribution in [3.8, 4) is 5.75 Å². The molecule has 0 aliphatic carbocycles. The molecule has 0 unspecified atom stereocenters. The molecule has 0 fully saturated rings. The Morgan fingerprint density at radius 3 is 2.52 bits per heavy atom. The Labute approximate surface area is 124 Å². The number of nitrogens with two attached hydrogens (primary N) is 1. The van der Waals surface area contributed by atoms with E-state index < -0.39 is 10.0 Å². The second-order valence-electron chi connectivity index (χ2n) is 4.61. The first kappa shape index (κ1) is 15.3. The second-order valence-corrected chi connectivity index (χ2v) is 6.26. The first-order chi connectivity index (χ1) is 9.97. The molecule has 6 heteroatoms. The predicted molar refractivity (Wildman–Crippen MR) is 82.9 cm³/mol. The summed E-state index contributed by atoms with van der Waals surface area (Å²) < 4.78 is 32.8. The fourth-order valence-electron chi connectivity index (χ4n) is 1.95. The van der Waals surface area contributed by atoms with Gasteiger partial charge in [0.2, 0.25) is 0 Å². The third-order valence-electron chi connectivity index (χ3n) is 3.14. The van der Waals surface area contributed by atoms with E-state index in [9.17, 15) is 8.42 Å². The number of sulfonamides is 1. The van der Waals surface area contributed by atoms with Crippen molar-refractivity contribution in [1.29, 1.82) is 0 Å². The summed E-state index contributed by atoms with van der Waals surface area (Å²) in [5, 5.41) is 0. The van der Waals surface area contributed by atoms with E-state index in [0.717, 1.165) is 11.1 Å². The van der Waals surface area contributed by atoms with E-state index >= 15 is 0 Å². The van der Waals surface area contributed by atoms with Crippen LogP contribution in [0, 0.1) is 6.92 Å². The van der Waals surface area contributed by atoms with Crippen LogP contribution in [0.3, 0.4) is 0 Å². The number of nitrogens with one attached hydrogen (secondary N) is 1. The summed E-state index contributed by atoms with van der Waals surface area (Å²) in [5.74, 6) is 0.277. The molecule has 112 valence electrons. The van der Waals surface area contributed by atoms with Crippen LogP contribution in [0.5, 0.6) is 5.75 Å². The highest BCUT2D eigenvalue weighted by atomic mass is 32.2. The molecule has 0 aliphatic heterocycles. The van der Waals surface area contributed by atoms with Crippen molar-refractivity contribution < 1.29 is 13.2 Å². The van der Waals surface area contributed by atoms with Crippen molar-refractivity contribution in [2.45, 2.75) is 18.4 Å². The summed E-state index contributed by atoms with van der Waals surface area (Å²) in [7, 11) is -2.29. The first-order valence-electron chi connectivity index (χ1n) is 6.43. The molecule has 0 aromatic heterocycles. The van der Waals surface area contributed by atoms with E-state index in [1.54, 1.807) is 24.3 Å². The average Bonchev–Trinajstić information content (AvgIpc) is 2.48. The van der Waals surface area contributed by atoms with Gasteiger partial charge in [0.1, 0.15) is 10.6 Å². The lowest BCUT2D eigenvalue weighted by molar-refractivity contribution is 0.402. The molecule has 2 aromatic rings. The fraction of sp³-hybridized carbons (Fsp3) is 0.200. The first-order valence-corrected chi connectivity index (χ1v) is 7.91. The van der Waals surface area contributed by atoms with Crippen LogP contribution in [-0.2, 0) is 16.6 Å². The van der Waals surface area contributed by atoms with Crippen LogP contribution in [-0.4, -0.2) is 15.5 Å². The monoisotopic (exact) mass is 306 g/mol. The van der Waals surface area contributed by atoms with Crippen molar-refractivity contribution in [1.82, 2.24) is 0 Å². The zero-order valence-corrected chi connectivity index (χ0v) is 12.8. The Morgan fingerprint density at radius 2 is 1.90 bits per heavy atom. The minimum Gasteiger partial charge on any atom is -0.495 e. The van der Waals surface area contributed by atoms with Gasteiger partial charge in [0.15, 0.2) is 0 Å². The maximum absolute atomic E-state index is 12.5. The van der Waals surface area contributed by atoms with Gasteiger partial charge in [-0.1, -0.05) is 24.3 Å². The molecule has 2 aromatic carbocycles. The number of para-hydroxylation sites is 1. The van der Waals surface area contributed by atoms with Gasteiger partial charge in [-0.2, -0.15) is 0 Å². The van der Waals surface area contributed by atoms with Crippen molar-refractivity contribution in [2.75, 3.05) is 11.8 Å². The molecular weight excluding hydrogens is 288 g/mol. The molecule has 0 bridgehead atoms. The highest BCUT2D eigenvalue weighted by Gasteiger charge is 2.20. The SMILES string of the molecule is COc1cc(CN)ccc1S(=O)(=O)Nc1ccccc1C. The number of methoxy groups -OCH3 is 1. The van der Waals surface area contributed by atoms with Gasteiger partial charge in [0.25, 0.3) is 10.0 Å². The Bertz CT molecular complexity index is 742. The third-order valence-corrected chi connectivity index (χ3v) is 4.55. The molecule has 0 aliphatic rings. The summed E-state index contributed by atoms with van der Waals surface area (Å²) in [6.07, 6.45) is 0. The Morgan fingerprint density at radius 1 is 1.19 bits per heavy atom. The number of benzene rings is 2. The number of hydrogen-bond acceptors (Lipinski definition) is 4. The van der Waals surface area contributed by atoms with Crippen LogP contribution in [0.4, 0.5) is 5.69 Å². The fourth-order valence-corrected chi connectivity index (χ4v) is 3.23. The van der Waals surface area contributed by atoms with Crippen LogP contribution in [0.2, 0.25) is 0 Å². The van der Waals surface area contributed by atoms with Gasteiger partial charge in [-0.3, -0.25) is 4.72 Å². The lowest BCUT2D eigenvalue weighted by Gasteiger charge is -2.13. The number of anilines is 1. The Hall–Kier alpha value is -2.05. The van der Waals surface area contributed by atoms with Crippen molar-refractivity contribution in [3.63, 3.8) is 0 Å². The minimum absolute atomic E-state index is 0.0884. The number of aryl methyl sites for hydroxylation is 1. The zero-order chi connectivity index (χ0) is 15.5. The van der Waals surface area contributed by atoms with E-state index in [1.165, 1.54) is 13.2 Å². The molecular formula is C15H18N2O3S. The number of hydrogen-bond donors (Lipinski definition) is 2. The van der Waals surface area contributed by atoms with E-state index in [2.05, 4.69) is 4.72 Å². The highest BCUT2D eigenvalue weighted by molar-refractivity contribution is 7.92. The summed E-state index contributed by atoms with van der Waals surface area (Å²) in [4.78, 5) is 0.0884. The van der Waals surface area contributed by atoms with Crippen LogP contribution < -0.4 is 15.2 Å². The summed E-state index contributed by atoms with van der Waals surface area (Å²) in [6, 6.07) is 12.0. The van der Waals surface area contributed by atoms with Crippen LogP contribution in [0.25, 0.3) is 0 Å². The molecule has 21 heavy (non-hydrogen) atoms. The highest BCUT2D eigenvalue weighted by Crippen LogP contribution is 2.27. The quantitative estimate of drug-likeness (QED) is 0.888. The maximum atomic E-state index is 12.5. The van der Waals surface area contributed by atoms with Gasteiger partial charge in [-0.05, 0) is 36.2 Å². The third kappa shape index (κ3) is 3.34. The standard InChI is InChI=1S/C15H18N2O3S/c1-11-5-3-4-6-13(11)17-21(18,19)15-8-7-12(10-16)9-14(15)20-2/h3-9,17H,10,16H2,1-2H3. The van der Waals surface area contributed by atoms with Crippen LogP contribution in [0.1, 0.15) is 11.1 Å². The molecule has 0 heterocycles. The normalized spacial score (nSPS) is 11.2. The molecule has 3 N–H and O–H groups in total. The Kier molecular flexibility index (Phi) is 4.50. The molecule has 0 radical (unpaired) electrons. The molecule has 5 nitrogen and oxygen atoms in total. The van der Waals surface area contributed by atoms with Gasteiger partial charge in [0, 0.05) is 6.54 Å². The van der Waals surface area contributed by atoms with Gasteiger partial charge < -0.3 is 10.5 Å². The summed E-state index contributed by atoms with van der Waals surface area (Å²) >= 11 is 0. The zero-order valence-electron chi connectivity index (χ0n) is 12.0. The molecule has 0 amide bonds. The molecule has 2 rings (SSSR count). The average molecular weight is 306 g/mol. The number of rotatable bonds is 5. The minimum atomic E-state index is -3.72. The largest absolute Gasteiger partial charge is 0.495 e. The van der Waals surface area contributed by atoms with Crippen molar-refractivity contribution in [2.24, 2.45) is 5.73 Å². The topological polar surface area (TPSA) is 81.4 Å². The molecule has 0 saturated heterocycles. The van der Waals surface area contributed by atoms with Crippen LogP contribution in [0.15, 0.2) is 47.4 Å². The lowest BCUT2D eigenvalue weighted by atomic mass is 10.2. The summed E-state index contributed by atoms with van der Waals surface area (Å²) in [6.45, 7) is 2.16. The van der Waals surface area contributed by atoms with Crippen molar-refractivity contribution >= 4 is 15.7 Å². The lowest BCUT2D eigenvalue weighted by Crippen LogP contribution is -2.15. The smallest absolute Gasteiger partial charge is 0.265 e. The van der Waals surface area contributed by atoms with E-state index in [0.29, 0.717) is 12.2 Å². The van der Waals surface area contributed by atoms with Crippen molar-refractivity contribution in [3.05, 3.63) is 53.6 Å². The molecule has 0 saturated carbocycles. The Balaban J connectivity index is 2.42. The van der Waals surface area contributed by atoms with Gasteiger partial charge in [-0.25, -0.2) is 8.42 Å². The predicted octanol–water partition coefficient (Wildman–Crippen LogP) is 2.26. The van der Waals surface area contributed by atoms with Crippen LogP contribution >= 0.6 is 0 Å². The van der Waals surface area contributed by atoms with E-state index in [4.69, 9.17) is 10.5 Å². The second kappa shape index (κ2) is 6.15. The van der Waals surface area contributed by atoms with Gasteiger partial charge in [-0.15, -0.1) is 0 Å². The molecule has 0 atom stereocenters. The van der Waals surface area contributed by atoms with E-state index in [-0.39, 0.29) is 10.6 Å². The van der Waals surface area contributed by atoms with Gasteiger partial charge in [0.05, 0.1) is 12.8 Å². The van der Waals surface area contributed by atoms with E-state index in [1.807, 2.05) is 19.1 Å². The summed E-state index contributed by atoms with van der Waals surface area (Å²) in [5.41, 5.74) is 7.75. The maximum Gasteiger partial charge on any atom is 0.265 e.